The summed E-state index contributed by atoms with van der Waals surface area (Å²) in [5.74, 6) is -1.78. The zero-order valence-corrected chi connectivity index (χ0v) is 19.4. The Labute approximate surface area is 206 Å². The SMILES string of the molecule is C.O=C(N[C@@H](CC1CC1)B(O)O)[C@H](Cc1ccccc1)CS(=O)(=O)c1ccc(-c2cnco2)cc1. The van der Waals surface area contributed by atoms with E-state index in [0.717, 1.165) is 18.4 Å². The maximum absolute atomic E-state index is 13.2. The van der Waals surface area contributed by atoms with Crippen LogP contribution in [-0.2, 0) is 21.1 Å². The highest BCUT2D eigenvalue weighted by atomic mass is 32.2. The van der Waals surface area contributed by atoms with Gasteiger partial charge in [-0.2, -0.15) is 0 Å². The van der Waals surface area contributed by atoms with Crippen LogP contribution < -0.4 is 5.32 Å². The second-order valence-electron chi connectivity index (χ2n) is 8.77. The third-order valence-electron chi connectivity index (χ3n) is 6.02. The van der Waals surface area contributed by atoms with Gasteiger partial charge in [0.15, 0.2) is 22.0 Å². The molecule has 1 fully saturated rings. The van der Waals surface area contributed by atoms with Gasteiger partial charge < -0.3 is 19.8 Å². The van der Waals surface area contributed by atoms with Gasteiger partial charge >= 0.3 is 7.12 Å². The molecule has 1 saturated carbocycles. The van der Waals surface area contributed by atoms with E-state index < -0.39 is 40.5 Å². The van der Waals surface area contributed by atoms with E-state index in [1.807, 2.05) is 30.3 Å². The van der Waals surface area contributed by atoms with Gasteiger partial charge in [-0.15, -0.1) is 0 Å². The molecule has 3 aromatic rings. The average molecular weight is 498 g/mol. The Bertz CT molecular complexity index is 1180. The molecule has 186 valence electrons. The second-order valence-corrected chi connectivity index (χ2v) is 10.8. The Morgan fingerprint density at radius 3 is 2.37 bits per heavy atom. The van der Waals surface area contributed by atoms with Crippen LogP contribution in [0.4, 0.5) is 0 Å². The number of sulfone groups is 1. The lowest BCUT2D eigenvalue weighted by molar-refractivity contribution is -0.124. The van der Waals surface area contributed by atoms with Crippen molar-refractivity contribution in [2.75, 3.05) is 5.75 Å². The summed E-state index contributed by atoms with van der Waals surface area (Å²) in [4.78, 5) is 17.1. The highest BCUT2D eigenvalue weighted by Crippen LogP contribution is 2.33. The second kappa shape index (κ2) is 11.7. The number of benzene rings is 2. The van der Waals surface area contributed by atoms with Gasteiger partial charge in [-0.25, -0.2) is 13.4 Å². The number of carbonyl (C=O) groups excluding carboxylic acids is 1. The molecule has 4 rings (SSSR count). The normalized spacial score (nSPS) is 15.0. The highest BCUT2D eigenvalue weighted by Gasteiger charge is 2.35. The standard InChI is InChI=1S/C24H27BN2O6S.CH4/c28-24(27-23(25(29)30)13-18-6-7-18)20(12-17-4-2-1-3-5-17)15-34(31,32)21-10-8-19(9-11-21)22-14-26-16-33-22;/h1-5,8-11,14,16,18,20,23,29-30H,6-7,12-13,15H2,(H,27,28);1H4/t20-,23+;/m1./s1. The van der Waals surface area contributed by atoms with E-state index in [4.69, 9.17) is 4.42 Å². The van der Waals surface area contributed by atoms with Crippen molar-refractivity contribution in [2.24, 2.45) is 11.8 Å². The van der Waals surface area contributed by atoms with E-state index in [-0.39, 0.29) is 18.7 Å². The number of nitrogens with zero attached hydrogens (tertiary/aromatic N) is 1. The molecule has 0 radical (unpaired) electrons. The van der Waals surface area contributed by atoms with Crippen molar-refractivity contribution in [3.8, 4) is 11.3 Å². The number of aromatic nitrogens is 1. The van der Waals surface area contributed by atoms with E-state index in [0.29, 0.717) is 23.7 Å². The summed E-state index contributed by atoms with van der Waals surface area (Å²) >= 11 is 0. The first kappa shape index (κ1) is 26.7. The Hall–Kier alpha value is -2.95. The fraction of sp³-hybridized carbons (Fsp3) is 0.360. The molecule has 2 aromatic carbocycles. The molecule has 0 saturated heterocycles. The number of nitrogens with one attached hydrogen (secondary N) is 1. The highest BCUT2D eigenvalue weighted by molar-refractivity contribution is 7.91. The van der Waals surface area contributed by atoms with Crippen LogP contribution in [0.5, 0.6) is 0 Å². The minimum Gasteiger partial charge on any atom is -0.444 e. The largest absolute Gasteiger partial charge is 0.475 e. The molecule has 1 amide bonds. The number of oxazole rings is 1. The summed E-state index contributed by atoms with van der Waals surface area (Å²) in [7, 11) is -5.52. The fourth-order valence-electron chi connectivity index (χ4n) is 3.94. The summed E-state index contributed by atoms with van der Waals surface area (Å²) in [6, 6.07) is 15.4. The third kappa shape index (κ3) is 7.27. The summed E-state index contributed by atoms with van der Waals surface area (Å²) in [6.07, 6.45) is 5.48. The summed E-state index contributed by atoms with van der Waals surface area (Å²) < 4.78 is 31.7. The molecule has 1 aliphatic carbocycles. The van der Waals surface area contributed by atoms with Crippen molar-refractivity contribution in [3.05, 3.63) is 72.8 Å². The minimum atomic E-state index is -3.81. The first-order valence-corrected chi connectivity index (χ1v) is 12.9. The molecular formula is C25H31BN2O6S. The topological polar surface area (TPSA) is 130 Å². The van der Waals surface area contributed by atoms with Gasteiger partial charge in [-0.05, 0) is 48.6 Å². The van der Waals surface area contributed by atoms with Crippen molar-refractivity contribution in [1.82, 2.24) is 10.3 Å². The molecule has 1 heterocycles. The van der Waals surface area contributed by atoms with E-state index in [1.54, 1.807) is 12.1 Å². The average Bonchev–Trinajstić information content (AvgIpc) is 3.47. The molecule has 0 bridgehead atoms. The lowest BCUT2D eigenvalue weighted by atomic mass is 9.76. The molecule has 8 nitrogen and oxygen atoms in total. The lowest BCUT2D eigenvalue weighted by Gasteiger charge is -2.22. The maximum atomic E-state index is 13.2. The van der Waals surface area contributed by atoms with Crippen molar-refractivity contribution >= 4 is 22.9 Å². The van der Waals surface area contributed by atoms with Crippen LogP contribution in [0.3, 0.4) is 0 Å². The van der Waals surface area contributed by atoms with Crippen LogP contribution in [-0.4, -0.2) is 48.2 Å². The Balaban J connectivity index is 0.00000342. The van der Waals surface area contributed by atoms with Gasteiger partial charge in [0.25, 0.3) is 0 Å². The number of hydrogen-bond donors (Lipinski definition) is 3. The van der Waals surface area contributed by atoms with Crippen LogP contribution in [0.15, 0.2) is 76.5 Å². The van der Waals surface area contributed by atoms with Crippen molar-refractivity contribution in [1.29, 1.82) is 0 Å². The zero-order chi connectivity index (χ0) is 24.1. The molecule has 1 aliphatic rings. The van der Waals surface area contributed by atoms with Crippen LogP contribution in [0.25, 0.3) is 11.3 Å². The third-order valence-corrected chi connectivity index (χ3v) is 7.85. The Morgan fingerprint density at radius 1 is 1.11 bits per heavy atom. The summed E-state index contributed by atoms with van der Waals surface area (Å²) in [5, 5.41) is 22.2. The first-order chi connectivity index (χ1) is 16.3. The smallest absolute Gasteiger partial charge is 0.444 e. The summed E-state index contributed by atoms with van der Waals surface area (Å²) in [6.45, 7) is 0. The van der Waals surface area contributed by atoms with E-state index in [1.165, 1.54) is 24.7 Å². The van der Waals surface area contributed by atoms with Gasteiger partial charge in [0.1, 0.15) is 0 Å². The van der Waals surface area contributed by atoms with Crippen LogP contribution in [0.2, 0.25) is 0 Å². The quantitative estimate of drug-likeness (QED) is 0.347. The van der Waals surface area contributed by atoms with Gasteiger partial charge in [-0.1, -0.05) is 50.6 Å². The van der Waals surface area contributed by atoms with Gasteiger partial charge in [0.05, 0.1) is 28.7 Å². The van der Waals surface area contributed by atoms with Crippen LogP contribution in [0.1, 0.15) is 32.3 Å². The van der Waals surface area contributed by atoms with E-state index >= 15 is 0 Å². The molecule has 10 heteroatoms. The Morgan fingerprint density at radius 2 is 1.80 bits per heavy atom. The molecule has 0 unspecified atom stereocenters. The fourth-order valence-corrected chi connectivity index (χ4v) is 5.48. The van der Waals surface area contributed by atoms with Crippen molar-refractivity contribution in [3.63, 3.8) is 0 Å². The molecule has 2 atom stereocenters. The number of amides is 1. The molecule has 1 aromatic heterocycles. The van der Waals surface area contributed by atoms with Gasteiger partial charge in [-0.3, -0.25) is 4.79 Å². The predicted octanol–water partition coefficient (Wildman–Crippen LogP) is 2.91. The van der Waals surface area contributed by atoms with Crippen molar-refractivity contribution < 1.29 is 27.7 Å². The molecule has 0 aliphatic heterocycles. The minimum absolute atomic E-state index is 0. The van der Waals surface area contributed by atoms with Crippen LogP contribution in [0, 0.1) is 11.8 Å². The number of carbonyl (C=O) groups is 1. The van der Waals surface area contributed by atoms with Crippen LogP contribution >= 0.6 is 0 Å². The number of hydrogen-bond acceptors (Lipinski definition) is 7. The first-order valence-electron chi connectivity index (χ1n) is 11.2. The summed E-state index contributed by atoms with van der Waals surface area (Å²) in [5.41, 5.74) is 1.51. The zero-order valence-electron chi connectivity index (χ0n) is 18.6. The lowest BCUT2D eigenvalue weighted by Crippen LogP contribution is -2.50. The van der Waals surface area contributed by atoms with Crippen molar-refractivity contribution in [2.45, 2.75) is 43.9 Å². The Kier molecular flexibility index (Phi) is 8.88. The monoisotopic (exact) mass is 498 g/mol. The predicted molar refractivity (Wildman–Crippen MR) is 134 cm³/mol. The molecule has 35 heavy (non-hydrogen) atoms. The molecular weight excluding hydrogens is 467 g/mol. The molecule has 0 spiro atoms. The molecule has 3 N–H and O–H groups in total. The van der Waals surface area contributed by atoms with E-state index in [2.05, 4.69) is 10.3 Å². The van der Waals surface area contributed by atoms with Gasteiger partial charge in [0.2, 0.25) is 5.91 Å². The maximum Gasteiger partial charge on any atom is 0.475 e. The van der Waals surface area contributed by atoms with E-state index in [9.17, 15) is 23.3 Å². The van der Waals surface area contributed by atoms with Gasteiger partial charge in [0, 0.05) is 5.56 Å². The number of rotatable bonds is 11.